The first kappa shape index (κ1) is 24.6. The molecule has 1 N–H and O–H groups in total. The smallest absolute Gasteiger partial charge is 0.392 e. The van der Waals surface area contributed by atoms with Crippen LogP contribution in [0.5, 0.6) is 0 Å². The van der Waals surface area contributed by atoms with Crippen LogP contribution >= 0.6 is 0 Å². The second-order valence-corrected chi connectivity index (χ2v) is 7.89. The summed E-state index contributed by atoms with van der Waals surface area (Å²) in [4.78, 5) is 16.5. The molecule has 1 fully saturated rings. The van der Waals surface area contributed by atoms with E-state index in [1.54, 1.807) is 0 Å². The van der Waals surface area contributed by atoms with E-state index in [0.29, 0.717) is 26.2 Å². The van der Waals surface area contributed by atoms with Crippen molar-refractivity contribution in [2.24, 2.45) is 5.92 Å². The lowest BCUT2D eigenvalue weighted by Crippen LogP contribution is -2.51. The summed E-state index contributed by atoms with van der Waals surface area (Å²) in [5, 5.41) is 10.1. The van der Waals surface area contributed by atoms with Crippen LogP contribution in [0.15, 0.2) is 24.3 Å². The Balaban J connectivity index is 2.09. The molecule has 1 aromatic rings. The number of hydrogen-bond acceptors (Lipinski definition) is 5. The fourth-order valence-corrected chi connectivity index (χ4v) is 3.27. The minimum absolute atomic E-state index is 0.0242. The number of β-amino-alcohol motifs (C(OH)–C–C–N with tert-alkyl or cyclic N) is 1. The zero-order chi connectivity index (χ0) is 22.3. The normalized spacial score (nSPS) is 19.1. The van der Waals surface area contributed by atoms with E-state index in [-0.39, 0.29) is 37.3 Å². The van der Waals surface area contributed by atoms with Crippen molar-refractivity contribution in [2.45, 2.75) is 32.2 Å². The van der Waals surface area contributed by atoms with Crippen molar-refractivity contribution in [2.75, 3.05) is 53.0 Å². The van der Waals surface area contributed by atoms with Gasteiger partial charge in [0, 0.05) is 45.4 Å². The number of carbonyl (C=O) groups excluding carboxylic acids is 1. The van der Waals surface area contributed by atoms with Gasteiger partial charge in [-0.1, -0.05) is 19.9 Å². The topological polar surface area (TPSA) is 62.2 Å². The van der Waals surface area contributed by atoms with Gasteiger partial charge >= 0.3 is 6.18 Å². The molecule has 1 saturated heterocycles. The number of rotatable bonds is 9. The third-order valence-electron chi connectivity index (χ3n) is 5.15. The lowest BCUT2D eigenvalue weighted by molar-refractivity contribution is -0.137. The zero-order valence-electron chi connectivity index (χ0n) is 17.7. The average Bonchev–Trinajstić information content (AvgIpc) is 2.70. The highest BCUT2D eigenvalue weighted by Gasteiger charge is 2.32. The van der Waals surface area contributed by atoms with Crippen molar-refractivity contribution in [1.82, 2.24) is 9.80 Å². The summed E-state index contributed by atoms with van der Waals surface area (Å²) in [5.74, 6) is -0.368. The van der Waals surface area contributed by atoms with Gasteiger partial charge in [0.25, 0.3) is 5.91 Å². The van der Waals surface area contributed by atoms with Crippen LogP contribution in [0.2, 0.25) is 0 Å². The molecule has 170 valence electrons. The zero-order valence-corrected chi connectivity index (χ0v) is 17.7. The molecule has 0 radical (unpaired) electrons. The van der Waals surface area contributed by atoms with E-state index >= 15 is 0 Å². The Labute approximate surface area is 175 Å². The standard InChI is InChI=1S/C21H31F3N2O4/c1-15(2)19(27)14-25-7-10-30-18(12-25)13-26(8-9-29-3)20(28)16-5-4-6-17(11-16)21(22,23)24/h4-6,11,15,18-19,27H,7-10,12-14H2,1-3H3/t18-,19-/m0/s1. The Morgan fingerprint density at radius 1 is 1.40 bits per heavy atom. The minimum Gasteiger partial charge on any atom is -0.392 e. The molecule has 1 aliphatic rings. The summed E-state index contributed by atoms with van der Waals surface area (Å²) >= 11 is 0. The predicted octanol–water partition coefficient (Wildman–Crippen LogP) is 2.51. The second-order valence-electron chi connectivity index (χ2n) is 7.89. The van der Waals surface area contributed by atoms with E-state index in [1.807, 2.05) is 13.8 Å². The quantitative estimate of drug-likeness (QED) is 0.650. The number of carbonyl (C=O) groups is 1. The molecule has 1 heterocycles. The van der Waals surface area contributed by atoms with Crippen molar-refractivity contribution in [3.05, 3.63) is 35.4 Å². The molecule has 9 heteroatoms. The van der Waals surface area contributed by atoms with Crippen LogP contribution < -0.4 is 0 Å². The van der Waals surface area contributed by atoms with E-state index < -0.39 is 23.8 Å². The molecule has 6 nitrogen and oxygen atoms in total. The van der Waals surface area contributed by atoms with Crippen LogP contribution in [0.25, 0.3) is 0 Å². The maximum absolute atomic E-state index is 13.0. The van der Waals surface area contributed by atoms with E-state index in [0.717, 1.165) is 12.1 Å². The first-order chi connectivity index (χ1) is 14.1. The Kier molecular flexibility index (Phi) is 9.09. The van der Waals surface area contributed by atoms with Gasteiger partial charge in [-0.3, -0.25) is 9.69 Å². The third-order valence-corrected chi connectivity index (χ3v) is 5.15. The van der Waals surface area contributed by atoms with Crippen LogP contribution in [-0.4, -0.2) is 86.1 Å². The molecule has 30 heavy (non-hydrogen) atoms. The number of morpholine rings is 1. The first-order valence-corrected chi connectivity index (χ1v) is 10.1. The van der Waals surface area contributed by atoms with Gasteiger partial charge in [0.05, 0.1) is 31.0 Å². The molecule has 2 rings (SSSR count). The van der Waals surface area contributed by atoms with Gasteiger partial charge in [0.1, 0.15) is 0 Å². The maximum atomic E-state index is 13.0. The van der Waals surface area contributed by atoms with E-state index in [2.05, 4.69) is 4.90 Å². The van der Waals surface area contributed by atoms with Gasteiger partial charge in [-0.2, -0.15) is 13.2 Å². The van der Waals surface area contributed by atoms with Crippen molar-refractivity contribution in [3.8, 4) is 0 Å². The summed E-state index contributed by atoms with van der Waals surface area (Å²) in [6, 6.07) is 4.43. The van der Waals surface area contributed by atoms with Crippen LogP contribution in [0.4, 0.5) is 13.2 Å². The van der Waals surface area contributed by atoms with Gasteiger partial charge in [-0.05, 0) is 24.1 Å². The molecule has 1 amide bonds. The average molecular weight is 432 g/mol. The summed E-state index contributed by atoms with van der Waals surface area (Å²) in [5.41, 5.74) is -0.883. The molecule has 0 aliphatic carbocycles. The van der Waals surface area contributed by atoms with Crippen molar-refractivity contribution in [1.29, 1.82) is 0 Å². The van der Waals surface area contributed by atoms with E-state index in [9.17, 15) is 23.1 Å². The number of alkyl halides is 3. The van der Waals surface area contributed by atoms with Crippen LogP contribution in [0.1, 0.15) is 29.8 Å². The van der Waals surface area contributed by atoms with Gasteiger partial charge < -0.3 is 19.5 Å². The maximum Gasteiger partial charge on any atom is 0.416 e. The Bertz CT molecular complexity index is 684. The Morgan fingerprint density at radius 3 is 2.77 bits per heavy atom. The molecule has 0 unspecified atom stereocenters. The molecule has 2 atom stereocenters. The van der Waals surface area contributed by atoms with E-state index in [1.165, 1.54) is 24.1 Å². The largest absolute Gasteiger partial charge is 0.416 e. The highest BCUT2D eigenvalue weighted by atomic mass is 19.4. The molecule has 0 aromatic heterocycles. The summed E-state index contributed by atoms with van der Waals surface area (Å²) in [6.07, 6.45) is -5.28. The number of aliphatic hydroxyl groups excluding tert-OH is 1. The van der Waals surface area contributed by atoms with E-state index in [4.69, 9.17) is 9.47 Å². The van der Waals surface area contributed by atoms with Crippen molar-refractivity contribution < 1.29 is 32.5 Å². The molecular formula is C21H31F3N2O4. The Morgan fingerprint density at radius 2 is 2.13 bits per heavy atom. The highest BCUT2D eigenvalue weighted by molar-refractivity contribution is 5.94. The fourth-order valence-electron chi connectivity index (χ4n) is 3.27. The Hall–Kier alpha value is -1.68. The molecular weight excluding hydrogens is 401 g/mol. The van der Waals surface area contributed by atoms with Gasteiger partial charge in [0.15, 0.2) is 0 Å². The van der Waals surface area contributed by atoms with Gasteiger partial charge in [-0.25, -0.2) is 0 Å². The molecule has 1 aliphatic heterocycles. The van der Waals surface area contributed by atoms with Gasteiger partial charge in [-0.15, -0.1) is 0 Å². The van der Waals surface area contributed by atoms with Crippen LogP contribution in [0, 0.1) is 5.92 Å². The first-order valence-electron chi connectivity index (χ1n) is 10.1. The number of hydrogen-bond donors (Lipinski definition) is 1. The number of methoxy groups -OCH3 is 1. The number of nitrogens with zero attached hydrogens (tertiary/aromatic N) is 2. The SMILES string of the molecule is COCCN(C[C@@H]1CN(C[C@H](O)C(C)C)CCO1)C(=O)c1cccc(C(F)(F)F)c1. The van der Waals surface area contributed by atoms with Crippen molar-refractivity contribution in [3.63, 3.8) is 0 Å². The number of halogens is 3. The molecule has 0 spiro atoms. The molecule has 1 aromatic carbocycles. The summed E-state index contributed by atoms with van der Waals surface area (Å²) in [7, 11) is 1.50. The van der Waals surface area contributed by atoms with Crippen LogP contribution in [0.3, 0.4) is 0 Å². The lowest BCUT2D eigenvalue weighted by Gasteiger charge is -2.37. The fraction of sp³-hybridized carbons (Fsp3) is 0.667. The molecule has 0 bridgehead atoms. The minimum atomic E-state index is -4.52. The third kappa shape index (κ3) is 7.23. The summed E-state index contributed by atoms with van der Waals surface area (Å²) < 4.78 is 49.9. The second kappa shape index (κ2) is 11.1. The monoisotopic (exact) mass is 432 g/mol. The van der Waals surface area contributed by atoms with Crippen molar-refractivity contribution >= 4 is 5.91 Å². The number of ether oxygens (including phenoxy) is 2. The highest BCUT2D eigenvalue weighted by Crippen LogP contribution is 2.29. The van der Waals surface area contributed by atoms with Crippen LogP contribution in [-0.2, 0) is 15.7 Å². The molecule has 0 saturated carbocycles. The number of benzene rings is 1. The lowest BCUT2D eigenvalue weighted by atomic mass is 10.1. The predicted molar refractivity (Wildman–Crippen MR) is 106 cm³/mol. The van der Waals surface area contributed by atoms with Gasteiger partial charge in [0.2, 0.25) is 0 Å². The number of aliphatic hydroxyl groups is 1. The number of amides is 1. The summed E-state index contributed by atoms with van der Waals surface area (Å²) in [6.45, 7) is 6.80.